The maximum atomic E-state index is 12.3. The Morgan fingerprint density at radius 3 is 2.58 bits per heavy atom. The van der Waals surface area contributed by atoms with Crippen LogP contribution in [0.4, 0.5) is 5.69 Å². The van der Waals surface area contributed by atoms with Crippen LogP contribution in [0.1, 0.15) is 5.56 Å². The van der Waals surface area contributed by atoms with E-state index in [0.29, 0.717) is 0 Å². The molecule has 1 aromatic carbocycles. The van der Waals surface area contributed by atoms with E-state index < -0.39 is 11.9 Å². The van der Waals surface area contributed by atoms with E-state index in [0.717, 1.165) is 16.9 Å². The van der Waals surface area contributed by atoms with E-state index in [4.69, 9.17) is 14.2 Å². The molecule has 8 heteroatoms. The highest BCUT2D eigenvalue weighted by Crippen LogP contribution is 2.30. The molecule has 1 aliphatic rings. The summed E-state index contributed by atoms with van der Waals surface area (Å²) in [6, 6.07) is 5.71. The van der Waals surface area contributed by atoms with Crippen LogP contribution in [0.2, 0.25) is 0 Å². The van der Waals surface area contributed by atoms with E-state index >= 15 is 0 Å². The molecule has 0 spiro atoms. The van der Waals surface area contributed by atoms with Crippen LogP contribution in [0.5, 0.6) is 0 Å². The number of rotatable bonds is 4. The normalized spacial score (nSPS) is 14.3. The second kappa shape index (κ2) is 7.40. The average Bonchev–Trinajstić information content (AvgIpc) is 3.21. The van der Waals surface area contributed by atoms with E-state index in [9.17, 15) is 9.59 Å². The number of esters is 2. The second-order valence-corrected chi connectivity index (χ2v) is 5.66. The van der Waals surface area contributed by atoms with Gasteiger partial charge in [0.2, 0.25) is 0 Å². The predicted octanol–water partition coefficient (Wildman–Crippen LogP) is 1.57. The fourth-order valence-electron chi connectivity index (χ4n) is 2.85. The Balaban J connectivity index is 2.06. The molecule has 1 aromatic heterocycles. The molecule has 8 nitrogen and oxygen atoms in total. The van der Waals surface area contributed by atoms with Crippen LogP contribution >= 0.6 is 0 Å². The number of imidazole rings is 1. The van der Waals surface area contributed by atoms with Gasteiger partial charge in [0.15, 0.2) is 0 Å². The van der Waals surface area contributed by atoms with Gasteiger partial charge in [0.25, 0.3) is 0 Å². The Bertz CT molecular complexity index is 858. The molecule has 2 heterocycles. The molecule has 136 valence electrons. The number of benzene rings is 1. The monoisotopic (exact) mass is 357 g/mol. The molecular weight excluding hydrogens is 338 g/mol. The summed E-state index contributed by atoms with van der Waals surface area (Å²) in [5, 5.41) is 0. The number of carbonyl (C=O) groups excluding carboxylic acids is 2. The highest BCUT2D eigenvalue weighted by Gasteiger charge is 2.32. The summed E-state index contributed by atoms with van der Waals surface area (Å²) in [5.41, 5.74) is 2.81. The molecule has 1 aliphatic heterocycles. The maximum absolute atomic E-state index is 12.3. The molecule has 0 saturated heterocycles. The van der Waals surface area contributed by atoms with E-state index in [-0.39, 0.29) is 24.6 Å². The third-order valence-electron chi connectivity index (χ3n) is 4.11. The van der Waals surface area contributed by atoms with Crippen molar-refractivity contribution < 1.29 is 23.8 Å². The van der Waals surface area contributed by atoms with Gasteiger partial charge in [-0.1, -0.05) is 0 Å². The molecule has 0 aliphatic carbocycles. The summed E-state index contributed by atoms with van der Waals surface area (Å²) in [6.45, 7) is 2.02. The summed E-state index contributed by atoms with van der Waals surface area (Å²) in [4.78, 5) is 30.1. The van der Waals surface area contributed by atoms with Crippen molar-refractivity contribution in [2.45, 2.75) is 6.92 Å². The third-order valence-corrected chi connectivity index (χ3v) is 4.11. The number of aromatic nitrogens is 2. The number of nitrogens with zero attached hydrogens (tertiary/aromatic N) is 3. The molecule has 0 atom stereocenters. The Hall–Kier alpha value is -3.13. The number of ether oxygens (including phenoxy) is 3. The smallest absolute Gasteiger partial charge is 0.355 e. The third kappa shape index (κ3) is 3.18. The molecule has 26 heavy (non-hydrogen) atoms. The zero-order chi connectivity index (χ0) is 18.7. The van der Waals surface area contributed by atoms with Crippen LogP contribution in [-0.2, 0) is 23.8 Å². The van der Waals surface area contributed by atoms with Gasteiger partial charge < -0.3 is 23.7 Å². The number of hydrogen-bond donors (Lipinski definition) is 0. The predicted molar refractivity (Wildman–Crippen MR) is 92.7 cm³/mol. The lowest BCUT2D eigenvalue weighted by Crippen LogP contribution is -2.39. The molecule has 0 radical (unpaired) electrons. The number of methoxy groups -OCH3 is 2. The molecule has 2 aromatic rings. The lowest BCUT2D eigenvalue weighted by atomic mass is 10.1. The van der Waals surface area contributed by atoms with Crippen molar-refractivity contribution in [2.75, 3.05) is 32.5 Å². The van der Waals surface area contributed by atoms with Crippen molar-refractivity contribution in [3.63, 3.8) is 0 Å². The fraction of sp³-hybridized carbons (Fsp3) is 0.278. The van der Waals surface area contributed by atoms with Gasteiger partial charge >= 0.3 is 11.9 Å². The summed E-state index contributed by atoms with van der Waals surface area (Å²) < 4.78 is 17.0. The van der Waals surface area contributed by atoms with Crippen molar-refractivity contribution in [1.82, 2.24) is 9.55 Å². The Labute approximate surface area is 150 Å². The number of anilines is 1. The molecule has 0 N–H and O–H groups in total. The molecule has 0 saturated carbocycles. The lowest BCUT2D eigenvalue weighted by molar-refractivity contribution is -0.140. The highest BCUT2D eigenvalue weighted by molar-refractivity contribution is 6.03. The van der Waals surface area contributed by atoms with Gasteiger partial charge in [-0.25, -0.2) is 14.6 Å². The van der Waals surface area contributed by atoms with Crippen molar-refractivity contribution >= 4 is 17.6 Å². The summed E-state index contributed by atoms with van der Waals surface area (Å²) in [5.74, 6) is -1.24. The van der Waals surface area contributed by atoms with E-state index in [1.807, 2.05) is 35.9 Å². The van der Waals surface area contributed by atoms with Crippen LogP contribution in [-0.4, -0.2) is 49.0 Å². The molecular formula is C18H19N3O5. The number of aryl methyl sites for hydroxylation is 1. The summed E-state index contributed by atoms with van der Waals surface area (Å²) in [6.07, 6.45) is 5.24. The van der Waals surface area contributed by atoms with Gasteiger partial charge in [-0.05, 0) is 30.7 Å². The summed E-state index contributed by atoms with van der Waals surface area (Å²) in [7, 11) is 2.53. The van der Waals surface area contributed by atoms with Crippen LogP contribution in [0.15, 0.2) is 48.2 Å². The fourth-order valence-corrected chi connectivity index (χ4v) is 2.85. The first-order valence-electron chi connectivity index (χ1n) is 7.91. The van der Waals surface area contributed by atoms with Crippen molar-refractivity contribution in [3.05, 3.63) is 53.8 Å². The Morgan fingerprint density at radius 1 is 1.19 bits per heavy atom. The van der Waals surface area contributed by atoms with E-state index in [1.165, 1.54) is 14.2 Å². The van der Waals surface area contributed by atoms with Crippen LogP contribution in [0.25, 0.3) is 5.69 Å². The highest BCUT2D eigenvalue weighted by atomic mass is 16.5. The topological polar surface area (TPSA) is 82.9 Å². The van der Waals surface area contributed by atoms with Crippen molar-refractivity contribution in [1.29, 1.82) is 0 Å². The minimum atomic E-state index is -0.622. The first-order chi connectivity index (χ1) is 12.6. The summed E-state index contributed by atoms with van der Waals surface area (Å²) >= 11 is 0. The zero-order valence-electron chi connectivity index (χ0n) is 14.8. The molecule has 3 rings (SSSR count). The van der Waals surface area contributed by atoms with Crippen molar-refractivity contribution in [3.8, 4) is 5.69 Å². The largest absolute Gasteiger partial charge is 0.466 e. The Morgan fingerprint density at radius 2 is 1.96 bits per heavy atom. The Kier molecular flexibility index (Phi) is 5.04. The van der Waals surface area contributed by atoms with Crippen LogP contribution < -0.4 is 4.90 Å². The van der Waals surface area contributed by atoms with E-state index in [1.54, 1.807) is 17.4 Å². The second-order valence-electron chi connectivity index (χ2n) is 5.66. The van der Waals surface area contributed by atoms with Gasteiger partial charge in [-0.3, -0.25) is 0 Å². The molecule has 0 bridgehead atoms. The first kappa shape index (κ1) is 17.7. The van der Waals surface area contributed by atoms with Gasteiger partial charge in [0.05, 0.1) is 32.7 Å². The van der Waals surface area contributed by atoms with Crippen molar-refractivity contribution in [2.24, 2.45) is 0 Å². The SMILES string of the molecule is COC(=O)C1=C(C(=O)OC)N(c2ccc(-n3ccnc3)cc2C)COC1. The quantitative estimate of drug-likeness (QED) is 0.768. The van der Waals surface area contributed by atoms with Crippen LogP contribution in [0, 0.1) is 6.92 Å². The number of hydrogen-bond acceptors (Lipinski definition) is 7. The van der Waals surface area contributed by atoms with Gasteiger partial charge in [0.1, 0.15) is 12.4 Å². The minimum Gasteiger partial charge on any atom is -0.466 e. The van der Waals surface area contributed by atoms with Gasteiger partial charge in [-0.15, -0.1) is 0 Å². The van der Waals surface area contributed by atoms with E-state index in [2.05, 4.69) is 4.98 Å². The molecule has 0 amide bonds. The molecule has 0 fully saturated rings. The molecule has 0 unspecified atom stereocenters. The zero-order valence-corrected chi connectivity index (χ0v) is 14.8. The van der Waals surface area contributed by atoms with Gasteiger partial charge in [0, 0.05) is 23.8 Å². The minimum absolute atomic E-state index is 0.0141. The standard InChI is InChI=1S/C18H19N3O5/c1-12-8-13(20-7-6-19-10-20)4-5-15(12)21-11-26-9-14(17(22)24-2)16(21)18(23)25-3/h4-8,10H,9,11H2,1-3H3. The lowest BCUT2D eigenvalue weighted by Gasteiger charge is -2.32. The first-order valence-corrected chi connectivity index (χ1v) is 7.91. The van der Waals surface area contributed by atoms with Gasteiger partial charge in [-0.2, -0.15) is 0 Å². The van der Waals surface area contributed by atoms with Crippen LogP contribution in [0.3, 0.4) is 0 Å². The average molecular weight is 357 g/mol. The maximum Gasteiger partial charge on any atom is 0.355 e. The number of carbonyl (C=O) groups is 2.